The van der Waals surface area contributed by atoms with Crippen LogP contribution in [0.3, 0.4) is 0 Å². The summed E-state index contributed by atoms with van der Waals surface area (Å²) in [6, 6.07) is -0.0107. The average molecular weight is 262 g/mol. The number of carbonyl (C=O) groups is 1. The van der Waals surface area contributed by atoms with Crippen LogP contribution in [0, 0.1) is 13.8 Å². The zero-order valence-electron chi connectivity index (χ0n) is 10.9. The number of carbonyl (C=O) groups excluding carboxylic acids is 1. The highest BCUT2D eigenvalue weighted by molar-refractivity contribution is 6.02. The number of alkyl halides is 3. The van der Waals surface area contributed by atoms with E-state index in [0.29, 0.717) is 0 Å². The Labute approximate surface area is 104 Å². The molecule has 1 rings (SSSR count). The molecule has 6 heteroatoms. The van der Waals surface area contributed by atoms with Crippen molar-refractivity contribution in [2.75, 3.05) is 0 Å². The number of halogens is 3. The lowest BCUT2D eigenvalue weighted by molar-refractivity contribution is -0.0886. The number of Topliss-reactive ketones (excluding diaryl/α,β-unsaturated/α-hetero) is 1. The van der Waals surface area contributed by atoms with Crippen molar-refractivity contribution in [3.8, 4) is 0 Å². The van der Waals surface area contributed by atoms with Gasteiger partial charge in [-0.25, -0.2) is 0 Å². The summed E-state index contributed by atoms with van der Waals surface area (Å²) >= 11 is 0. The second-order valence-electron chi connectivity index (χ2n) is 4.45. The van der Waals surface area contributed by atoms with E-state index in [1.807, 2.05) is 13.8 Å². The van der Waals surface area contributed by atoms with Crippen molar-refractivity contribution in [3.63, 3.8) is 0 Å². The lowest BCUT2D eigenvalue weighted by atomic mass is 10.1. The van der Waals surface area contributed by atoms with E-state index >= 15 is 0 Å². The van der Waals surface area contributed by atoms with Gasteiger partial charge in [0, 0.05) is 11.7 Å². The maximum atomic E-state index is 12.5. The number of aromatic nitrogens is 2. The van der Waals surface area contributed by atoms with Gasteiger partial charge in [-0.1, -0.05) is 13.3 Å². The number of rotatable bonds is 4. The molecule has 1 aromatic rings. The van der Waals surface area contributed by atoms with Crippen molar-refractivity contribution in [2.24, 2.45) is 0 Å². The van der Waals surface area contributed by atoms with Gasteiger partial charge in [0.2, 0.25) is 0 Å². The molecule has 0 aliphatic heterocycles. The lowest BCUT2D eigenvalue weighted by Gasteiger charge is -2.13. The van der Waals surface area contributed by atoms with Gasteiger partial charge < -0.3 is 0 Å². The molecule has 0 fully saturated rings. The molecule has 0 spiro atoms. The Bertz CT molecular complexity index is 449. The van der Waals surface area contributed by atoms with Crippen molar-refractivity contribution in [1.29, 1.82) is 0 Å². The van der Waals surface area contributed by atoms with E-state index in [1.165, 1.54) is 18.5 Å². The van der Waals surface area contributed by atoms with Gasteiger partial charge in [-0.05, 0) is 27.2 Å². The topological polar surface area (TPSA) is 34.9 Å². The molecule has 0 bridgehead atoms. The molecule has 3 nitrogen and oxygen atoms in total. The number of hydrogen-bond acceptors (Lipinski definition) is 2. The van der Waals surface area contributed by atoms with Gasteiger partial charge in [-0.15, -0.1) is 0 Å². The minimum atomic E-state index is -4.85. The second-order valence-corrected chi connectivity index (χ2v) is 4.45. The molecule has 0 amide bonds. The zero-order valence-corrected chi connectivity index (χ0v) is 10.9. The fourth-order valence-corrected chi connectivity index (χ4v) is 2.10. The first kappa shape index (κ1) is 14.7. The summed E-state index contributed by atoms with van der Waals surface area (Å²) in [5.41, 5.74) is 0.110. The molecule has 0 aromatic carbocycles. The summed E-state index contributed by atoms with van der Waals surface area (Å²) in [7, 11) is 0. The quantitative estimate of drug-likeness (QED) is 0.777. The Morgan fingerprint density at radius 3 is 2.39 bits per heavy atom. The van der Waals surface area contributed by atoms with Crippen LogP contribution in [0.5, 0.6) is 0 Å². The third kappa shape index (κ3) is 2.73. The van der Waals surface area contributed by atoms with E-state index in [1.54, 1.807) is 0 Å². The summed E-state index contributed by atoms with van der Waals surface area (Å²) in [4.78, 5) is 11.3. The molecular formula is C12H17F3N2O. The van der Waals surface area contributed by atoms with Crippen molar-refractivity contribution in [2.45, 2.75) is 52.8 Å². The monoisotopic (exact) mass is 262 g/mol. The normalized spacial score (nSPS) is 13.7. The smallest absolute Gasteiger partial charge is 0.284 e. The van der Waals surface area contributed by atoms with Crippen LogP contribution in [0.1, 0.15) is 54.5 Å². The van der Waals surface area contributed by atoms with Crippen LogP contribution in [0.25, 0.3) is 0 Å². The van der Waals surface area contributed by atoms with Gasteiger partial charge in [0.25, 0.3) is 5.78 Å². The zero-order chi connectivity index (χ0) is 14.1. The van der Waals surface area contributed by atoms with Gasteiger partial charge >= 0.3 is 6.18 Å². The molecule has 18 heavy (non-hydrogen) atoms. The van der Waals surface area contributed by atoms with Crippen LogP contribution < -0.4 is 0 Å². The summed E-state index contributed by atoms with van der Waals surface area (Å²) < 4.78 is 38.9. The Kier molecular flexibility index (Phi) is 4.19. The molecule has 1 heterocycles. The van der Waals surface area contributed by atoms with Gasteiger partial charge in [-0.3, -0.25) is 9.48 Å². The van der Waals surface area contributed by atoms with Gasteiger partial charge in [-0.2, -0.15) is 18.3 Å². The SMILES string of the molecule is CCCC(C)n1nc(C)c(C(=O)C(F)(F)F)c1C. The number of aryl methyl sites for hydroxylation is 1. The van der Waals surface area contributed by atoms with Gasteiger partial charge in [0.15, 0.2) is 0 Å². The minimum absolute atomic E-state index is 0.0107. The fourth-order valence-electron chi connectivity index (χ4n) is 2.10. The molecule has 1 unspecified atom stereocenters. The first-order chi connectivity index (χ1) is 8.20. The average Bonchev–Trinajstić information content (AvgIpc) is 2.52. The molecule has 0 saturated heterocycles. The van der Waals surface area contributed by atoms with Crippen LogP contribution >= 0.6 is 0 Å². The highest BCUT2D eigenvalue weighted by atomic mass is 19.4. The Hall–Kier alpha value is -1.33. The number of ketones is 1. The Balaban J connectivity index is 3.20. The highest BCUT2D eigenvalue weighted by Crippen LogP contribution is 2.27. The summed E-state index contributed by atoms with van der Waals surface area (Å²) in [6.45, 7) is 6.81. The predicted octanol–water partition coefficient (Wildman–Crippen LogP) is 3.61. The molecule has 0 saturated carbocycles. The fraction of sp³-hybridized carbons (Fsp3) is 0.667. The Morgan fingerprint density at radius 2 is 1.94 bits per heavy atom. The third-order valence-corrected chi connectivity index (χ3v) is 2.93. The standard InChI is InChI=1S/C12H17F3N2O/c1-5-6-7(2)17-9(4)10(8(3)16-17)11(18)12(13,14)15/h7H,5-6H2,1-4H3. The second kappa shape index (κ2) is 5.12. The minimum Gasteiger partial charge on any atom is -0.284 e. The number of nitrogens with zero attached hydrogens (tertiary/aromatic N) is 2. The van der Waals surface area contributed by atoms with E-state index in [0.717, 1.165) is 12.8 Å². The van der Waals surface area contributed by atoms with Crippen molar-refractivity contribution in [1.82, 2.24) is 9.78 Å². The maximum Gasteiger partial charge on any atom is 0.455 e. The van der Waals surface area contributed by atoms with Crippen LogP contribution in [0.15, 0.2) is 0 Å². The molecule has 0 N–H and O–H groups in total. The molecule has 0 aliphatic carbocycles. The Morgan fingerprint density at radius 1 is 1.39 bits per heavy atom. The third-order valence-electron chi connectivity index (χ3n) is 2.93. The van der Waals surface area contributed by atoms with E-state index < -0.39 is 12.0 Å². The summed E-state index contributed by atoms with van der Waals surface area (Å²) in [5, 5.41) is 4.06. The van der Waals surface area contributed by atoms with E-state index in [2.05, 4.69) is 5.10 Å². The van der Waals surface area contributed by atoms with Crippen molar-refractivity contribution >= 4 is 5.78 Å². The molecule has 0 aliphatic rings. The van der Waals surface area contributed by atoms with Gasteiger partial charge in [0.1, 0.15) is 0 Å². The van der Waals surface area contributed by atoms with Gasteiger partial charge in [0.05, 0.1) is 11.3 Å². The maximum absolute atomic E-state index is 12.5. The molecule has 1 atom stereocenters. The summed E-state index contributed by atoms with van der Waals surface area (Å²) in [5.74, 6) is -1.81. The first-order valence-electron chi connectivity index (χ1n) is 5.87. The summed E-state index contributed by atoms with van der Waals surface area (Å²) in [6.07, 6.45) is -3.14. The van der Waals surface area contributed by atoms with Crippen molar-refractivity contribution < 1.29 is 18.0 Å². The van der Waals surface area contributed by atoms with Crippen LogP contribution in [-0.2, 0) is 0 Å². The number of hydrogen-bond donors (Lipinski definition) is 0. The molecule has 0 radical (unpaired) electrons. The van der Waals surface area contributed by atoms with E-state index in [9.17, 15) is 18.0 Å². The molecular weight excluding hydrogens is 245 g/mol. The van der Waals surface area contributed by atoms with Crippen LogP contribution in [0.4, 0.5) is 13.2 Å². The molecule has 1 aromatic heterocycles. The molecule has 102 valence electrons. The van der Waals surface area contributed by atoms with E-state index in [4.69, 9.17) is 0 Å². The lowest BCUT2D eigenvalue weighted by Crippen LogP contribution is -2.24. The highest BCUT2D eigenvalue weighted by Gasteiger charge is 2.42. The van der Waals surface area contributed by atoms with E-state index in [-0.39, 0.29) is 23.0 Å². The first-order valence-corrected chi connectivity index (χ1v) is 5.87. The van der Waals surface area contributed by atoms with Crippen LogP contribution in [-0.4, -0.2) is 21.7 Å². The van der Waals surface area contributed by atoms with Crippen LogP contribution in [0.2, 0.25) is 0 Å². The predicted molar refractivity (Wildman–Crippen MR) is 61.7 cm³/mol. The largest absolute Gasteiger partial charge is 0.455 e. The van der Waals surface area contributed by atoms with Crippen molar-refractivity contribution in [3.05, 3.63) is 17.0 Å².